The van der Waals surface area contributed by atoms with E-state index in [4.69, 9.17) is 4.74 Å². The summed E-state index contributed by atoms with van der Waals surface area (Å²) >= 11 is 1.43. The topological polar surface area (TPSA) is 81.4 Å². The van der Waals surface area contributed by atoms with Crippen LogP contribution in [-0.4, -0.2) is 32.8 Å². The fraction of sp³-hybridized carbons (Fsp3) is 0.0833. The van der Waals surface area contributed by atoms with Crippen LogP contribution in [0.3, 0.4) is 0 Å². The summed E-state index contributed by atoms with van der Waals surface area (Å²) < 4.78 is 7.16. The molecule has 1 N–H and O–H groups in total. The molecule has 0 radical (unpaired) electrons. The van der Waals surface area contributed by atoms with Gasteiger partial charge >= 0.3 is 0 Å². The molecule has 8 heteroatoms. The summed E-state index contributed by atoms with van der Waals surface area (Å²) in [7, 11) is 1.58. The third-order valence-electron chi connectivity index (χ3n) is 5.10. The lowest BCUT2D eigenvalue weighted by molar-refractivity contribution is 0.102. The van der Waals surface area contributed by atoms with Crippen LogP contribution in [0, 0.1) is 6.92 Å². The van der Waals surface area contributed by atoms with Gasteiger partial charge in [-0.2, -0.15) is 9.61 Å². The molecule has 0 atom stereocenters. The molecule has 5 rings (SSSR count). The zero-order chi connectivity index (χ0) is 22.1. The molecule has 0 aliphatic carbocycles. The first kappa shape index (κ1) is 19.9. The molecule has 0 aliphatic rings. The Morgan fingerprint density at radius 3 is 2.38 bits per heavy atom. The van der Waals surface area contributed by atoms with Crippen LogP contribution in [-0.2, 0) is 0 Å². The lowest BCUT2D eigenvalue weighted by Gasteiger charge is -2.12. The van der Waals surface area contributed by atoms with E-state index in [-0.39, 0.29) is 5.91 Å². The van der Waals surface area contributed by atoms with E-state index < -0.39 is 0 Å². The summed E-state index contributed by atoms with van der Waals surface area (Å²) in [5.74, 6) is 1.08. The number of anilines is 1. The second kappa shape index (κ2) is 8.24. The highest BCUT2D eigenvalue weighted by molar-refractivity contribution is 7.19. The van der Waals surface area contributed by atoms with Crippen molar-refractivity contribution >= 4 is 27.9 Å². The summed E-state index contributed by atoms with van der Waals surface area (Å²) in [6.07, 6.45) is 0. The van der Waals surface area contributed by atoms with E-state index in [0.717, 1.165) is 32.5 Å². The molecular formula is C24H19N5O2S. The molecule has 2 aromatic heterocycles. The number of benzene rings is 3. The molecule has 0 saturated heterocycles. The Bertz CT molecular complexity index is 1410. The number of fused-ring (bicyclic) bond motifs is 1. The average Bonchev–Trinajstić information content (AvgIpc) is 3.42. The highest BCUT2D eigenvalue weighted by atomic mass is 32.1. The molecule has 0 aliphatic heterocycles. The zero-order valence-electron chi connectivity index (χ0n) is 17.4. The van der Waals surface area contributed by atoms with Crippen LogP contribution >= 0.6 is 11.3 Å². The van der Waals surface area contributed by atoms with Crippen LogP contribution in [0.25, 0.3) is 26.7 Å². The zero-order valence-corrected chi connectivity index (χ0v) is 18.3. The highest BCUT2D eigenvalue weighted by Crippen LogP contribution is 2.33. The summed E-state index contributed by atoms with van der Waals surface area (Å²) in [5.41, 5.74) is 4.15. The van der Waals surface area contributed by atoms with Crippen molar-refractivity contribution in [2.45, 2.75) is 6.92 Å². The first-order chi connectivity index (χ1) is 15.6. The maximum atomic E-state index is 12.9. The minimum atomic E-state index is -0.214. The number of ether oxygens (including phenoxy) is 1. The Hall–Kier alpha value is -4.04. The molecule has 3 aromatic carbocycles. The van der Waals surface area contributed by atoms with Crippen molar-refractivity contribution < 1.29 is 9.53 Å². The van der Waals surface area contributed by atoms with Crippen molar-refractivity contribution in [2.75, 3.05) is 12.4 Å². The van der Waals surface area contributed by atoms with Crippen LogP contribution in [0.1, 0.15) is 16.2 Å². The second-order valence-electron chi connectivity index (χ2n) is 7.16. The third kappa shape index (κ3) is 3.72. The molecule has 0 saturated carbocycles. The molecule has 7 nitrogen and oxygen atoms in total. The number of nitrogens with zero attached hydrogens (tertiary/aromatic N) is 4. The minimum absolute atomic E-state index is 0.214. The first-order valence-electron chi connectivity index (χ1n) is 9.96. The number of amides is 1. The van der Waals surface area contributed by atoms with Gasteiger partial charge in [0, 0.05) is 11.1 Å². The molecular weight excluding hydrogens is 422 g/mol. The number of aromatic nitrogens is 4. The summed E-state index contributed by atoms with van der Waals surface area (Å²) in [4.78, 5) is 13.6. The maximum absolute atomic E-state index is 12.9. The molecule has 2 heterocycles. The third-order valence-corrected chi connectivity index (χ3v) is 6.04. The predicted octanol–water partition coefficient (Wildman–Crippen LogP) is 5.09. The first-order valence-corrected chi connectivity index (χ1v) is 10.8. The normalized spacial score (nSPS) is 10.9. The van der Waals surface area contributed by atoms with Crippen molar-refractivity contribution in [3.8, 4) is 27.4 Å². The minimum Gasteiger partial charge on any atom is -0.495 e. The number of methoxy groups -OCH3 is 1. The second-order valence-corrected chi connectivity index (χ2v) is 8.12. The van der Waals surface area contributed by atoms with E-state index in [1.165, 1.54) is 11.3 Å². The van der Waals surface area contributed by atoms with Crippen LogP contribution in [0.2, 0.25) is 0 Å². The van der Waals surface area contributed by atoms with Crippen molar-refractivity contribution in [2.24, 2.45) is 0 Å². The van der Waals surface area contributed by atoms with E-state index in [2.05, 4.69) is 20.6 Å². The summed E-state index contributed by atoms with van der Waals surface area (Å²) in [6, 6.07) is 23.2. The lowest BCUT2D eigenvalue weighted by Crippen LogP contribution is -2.12. The highest BCUT2D eigenvalue weighted by Gasteiger charge is 2.15. The molecule has 5 aromatic rings. The van der Waals surface area contributed by atoms with Crippen LogP contribution < -0.4 is 10.1 Å². The SMILES string of the molecule is COc1ccc(-c2nn3c(C)nnc3s2)cc1NC(=O)c1ccc(-c2ccccc2)cc1. The fourth-order valence-corrected chi connectivity index (χ4v) is 4.29. The monoisotopic (exact) mass is 441 g/mol. The number of hydrogen-bond donors (Lipinski definition) is 1. The Morgan fingerprint density at radius 2 is 1.66 bits per heavy atom. The van der Waals surface area contributed by atoms with Crippen LogP contribution in [0.15, 0.2) is 72.8 Å². The Labute approximate surface area is 188 Å². The van der Waals surface area contributed by atoms with Crippen molar-refractivity contribution in [1.82, 2.24) is 19.8 Å². The van der Waals surface area contributed by atoms with E-state index in [0.29, 0.717) is 17.0 Å². The fourth-order valence-electron chi connectivity index (χ4n) is 3.41. The maximum Gasteiger partial charge on any atom is 0.255 e. The van der Waals surface area contributed by atoms with Gasteiger partial charge in [-0.1, -0.05) is 53.8 Å². The molecule has 0 bridgehead atoms. The standard InChI is InChI=1S/C24H19N5O2S/c1-15-26-27-24-29(15)28-23(32-24)19-12-13-21(31-2)20(14-19)25-22(30)18-10-8-17(9-11-18)16-6-4-3-5-7-16/h3-14H,1-2H3,(H,25,30). The smallest absolute Gasteiger partial charge is 0.255 e. The number of rotatable bonds is 5. The van der Waals surface area contributed by atoms with Gasteiger partial charge in [0.1, 0.15) is 10.8 Å². The van der Waals surface area contributed by atoms with Gasteiger partial charge in [0.25, 0.3) is 5.91 Å². The van der Waals surface area contributed by atoms with Crippen molar-refractivity contribution in [3.05, 3.63) is 84.2 Å². The van der Waals surface area contributed by atoms with Gasteiger partial charge < -0.3 is 10.1 Å². The van der Waals surface area contributed by atoms with E-state index in [1.54, 1.807) is 11.6 Å². The van der Waals surface area contributed by atoms with Gasteiger partial charge in [-0.25, -0.2) is 0 Å². The molecule has 0 spiro atoms. The number of carbonyl (C=O) groups is 1. The summed E-state index contributed by atoms with van der Waals surface area (Å²) in [5, 5.41) is 16.4. The van der Waals surface area contributed by atoms with Gasteiger partial charge in [-0.05, 0) is 48.4 Å². The van der Waals surface area contributed by atoms with Crippen LogP contribution in [0.5, 0.6) is 5.75 Å². The quantitative estimate of drug-likeness (QED) is 0.411. The Kier molecular flexibility index (Phi) is 5.12. The van der Waals surface area contributed by atoms with E-state index >= 15 is 0 Å². The number of nitrogens with one attached hydrogen (secondary N) is 1. The van der Waals surface area contributed by atoms with Gasteiger partial charge in [-0.15, -0.1) is 10.2 Å². The Balaban J connectivity index is 1.41. The Morgan fingerprint density at radius 1 is 0.938 bits per heavy atom. The van der Waals surface area contributed by atoms with Crippen molar-refractivity contribution in [3.63, 3.8) is 0 Å². The summed E-state index contributed by atoms with van der Waals surface area (Å²) in [6.45, 7) is 1.85. The van der Waals surface area contributed by atoms with Crippen molar-refractivity contribution in [1.29, 1.82) is 0 Å². The molecule has 1 amide bonds. The number of hydrogen-bond acceptors (Lipinski definition) is 6. The predicted molar refractivity (Wildman–Crippen MR) is 125 cm³/mol. The van der Waals surface area contributed by atoms with Crippen LogP contribution in [0.4, 0.5) is 5.69 Å². The average molecular weight is 442 g/mol. The van der Waals surface area contributed by atoms with E-state index in [1.807, 2.05) is 79.7 Å². The van der Waals surface area contributed by atoms with Gasteiger partial charge in [-0.3, -0.25) is 4.79 Å². The van der Waals surface area contributed by atoms with Gasteiger partial charge in [0.05, 0.1) is 12.8 Å². The molecule has 158 valence electrons. The van der Waals surface area contributed by atoms with Gasteiger partial charge in [0.2, 0.25) is 4.96 Å². The van der Waals surface area contributed by atoms with Gasteiger partial charge in [0.15, 0.2) is 5.82 Å². The lowest BCUT2D eigenvalue weighted by atomic mass is 10.0. The molecule has 32 heavy (non-hydrogen) atoms. The number of aryl methyl sites for hydroxylation is 1. The molecule has 0 unspecified atom stereocenters. The number of carbonyl (C=O) groups excluding carboxylic acids is 1. The molecule has 0 fully saturated rings. The van der Waals surface area contributed by atoms with E-state index in [9.17, 15) is 4.79 Å². The largest absolute Gasteiger partial charge is 0.495 e.